The minimum atomic E-state index is -0.700. The summed E-state index contributed by atoms with van der Waals surface area (Å²) in [6.07, 6.45) is 0. The number of carboxylic acid groups (broad SMARTS) is 1. The molecule has 0 bridgehead atoms. The van der Waals surface area contributed by atoms with Crippen LogP contribution < -0.4 is 0 Å². The molecule has 3 aromatic rings. The van der Waals surface area contributed by atoms with E-state index in [0.29, 0.717) is 24.2 Å². The van der Waals surface area contributed by atoms with Crippen LogP contribution in [0.2, 0.25) is 0 Å². The topological polar surface area (TPSA) is 79.5 Å². The number of thioether (sulfide) groups is 1. The molecule has 0 radical (unpaired) electrons. The SMILES string of the molecule is Cc1ccc(-c2nnc(SC(C)c3ccc(CN4CC(C(=O)O)C4)cc3)o2)cc1C. The van der Waals surface area contributed by atoms with Gasteiger partial charge in [0.05, 0.1) is 5.92 Å². The van der Waals surface area contributed by atoms with Gasteiger partial charge < -0.3 is 9.52 Å². The fourth-order valence-electron chi connectivity index (χ4n) is 3.48. The molecule has 0 spiro atoms. The number of hydrogen-bond donors (Lipinski definition) is 1. The van der Waals surface area contributed by atoms with Crippen LogP contribution in [0.3, 0.4) is 0 Å². The second kappa shape index (κ2) is 8.62. The van der Waals surface area contributed by atoms with Crippen molar-refractivity contribution in [2.24, 2.45) is 5.92 Å². The van der Waals surface area contributed by atoms with Crippen LogP contribution in [0.25, 0.3) is 11.5 Å². The van der Waals surface area contributed by atoms with E-state index in [1.165, 1.54) is 22.3 Å². The number of aryl methyl sites for hydroxylation is 2. The number of nitrogens with zero attached hydrogens (tertiary/aromatic N) is 3. The third kappa shape index (κ3) is 4.57. The Morgan fingerprint density at radius 1 is 1.17 bits per heavy atom. The van der Waals surface area contributed by atoms with E-state index >= 15 is 0 Å². The standard InChI is InChI=1S/C23H25N3O3S/c1-14-4-7-19(10-15(14)2)21-24-25-23(29-21)30-16(3)18-8-5-17(6-9-18)11-26-12-20(13-26)22(27)28/h4-10,16,20H,11-13H2,1-3H3,(H,27,28). The van der Waals surface area contributed by atoms with Gasteiger partial charge in [0.25, 0.3) is 5.22 Å². The van der Waals surface area contributed by atoms with E-state index in [9.17, 15) is 4.79 Å². The summed E-state index contributed by atoms with van der Waals surface area (Å²) in [5.41, 5.74) is 5.74. The third-order valence-corrected chi connectivity index (χ3v) is 6.59. The summed E-state index contributed by atoms with van der Waals surface area (Å²) in [5.74, 6) is -0.379. The summed E-state index contributed by atoms with van der Waals surface area (Å²) >= 11 is 1.54. The van der Waals surface area contributed by atoms with Gasteiger partial charge in [0.2, 0.25) is 5.89 Å². The Morgan fingerprint density at radius 3 is 2.57 bits per heavy atom. The van der Waals surface area contributed by atoms with Crippen LogP contribution in [0, 0.1) is 19.8 Å². The number of aliphatic carboxylic acids is 1. The van der Waals surface area contributed by atoms with Crippen LogP contribution >= 0.6 is 11.8 Å². The zero-order chi connectivity index (χ0) is 21.3. The Labute approximate surface area is 180 Å². The number of aromatic nitrogens is 2. The maximum absolute atomic E-state index is 10.9. The molecule has 4 rings (SSSR count). The number of carboxylic acids is 1. The average molecular weight is 424 g/mol. The number of likely N-dealkylation sites (tertiary alicyclic amines) is 1. The summed E-state index contributed by atoms with van der Waals surface area (Å²) < 4.78 is 5.87. The molecule has 6 nitrogen and oxygen atoms in total. The monoisotopic (exact) mass is 423 g/mol. The van der Waals surface area contributed by atoms with Crippen LogP contribution in [0.5, 0.6) is 0 Å². The molecule has 0 aliphatic carbocycles. The Kier molecular flexibility index (Phi) is 5.92. The molecule has 2 aromatic carbocycles. The fraction of sp³-hybridized carbons (Fsp3) is 0.348. The van der Waals surface area contributed by atoms with E-state index in [-0.39, 0.29) is 11.2 Å². The zero-order valence-electron chi connectivity index (χ0n) is 17.3. The first-order valence-electron chi connectivity index (χ1n) is 10.0. The molecular weight excluding hydrogens is 398 g/mol. The molecule has 0 amide bonds. The van der Waals surface area contributed by atoms with Crippen LogP contribution in [-0.2, 0) is 11.3 Å². The summed E-state index contributed by atoms with van der Waals surface area (Å²) in [5, 5.41) is 18.1. The van der Waals surface area contributed by atoms with Gasteiger partial charge in [-0.25, -0.2) is 0 Å². The Bertz CT molecular complexity index is 1040. The highest BCUT2D eigenvalue weighted by Gasteiger charge is 2.32. The van der Waals surface area contributed by atoms with E-state index in [1.807, 2.05) is 6.07 Å². The molecule has 1 aliphatic rings. The van der Waals surface area contributed by atoms with Gasteiger partial charge >= 0.3 is 5.97 Å². The number of hydrogen-bond acceptors (Lipinski definition) is 6. The van der Waals surface area contributed by atoms with E-state index in [1.54, 1.807) is 11.8 Å². The highest BCUT2D eigenvalue weighted by molar-refractivity contribution is 7.99. The molecule has 1 atom stereocenters. The van der Waals surface area contributed by atoms with Gasteiger partial charge in [-0.15, -0.1) is 10.2 Å². The fourth-order valence-corrected chi connectivity index (χ4v) is 4.29. The van der Waals surface area contributed by atoms with Crippen molar-refractivity contribution in [1.29, 1.82) is 0 Å². The molecule has 1 saturated heterocycles. The number of rotatable bonds is 7. The molecule has 1 unspecified atom stereocenters. The van der Waals surface area contributed by atoms with Crippen molar-refractivity contribution in [1.82, 2.24) is 15.1 Å². The number of carbonyl (C=O) groups is 1. The molecule has 30 heavy (non-hydrogen) atoms. The van der Waals surface area contributed by atoms with Gasteiger partial charge in [-0.1, -0.05) is 42.1 Å². The van der Waals surface area contributed by atoms with Crippen molar-refractivity contribution in [3.05, 3.63) is 64.7 Å². The third-order valence-electron chi connectivity index (χ3n) is 5.60. The predicted molar refractivity (Wildman–Crippen MR) is 116 cm³/mol. The summed E-state index contributed by atoms with van der Waals surface area (Å²) in [7, 11) is 0. The van der Waals surface area contributed by atoms with Gasteiger partial charge in [-0.3, -0.25) is 9.69 Å². The first-order valence-corrected chi connectivity index (χ1v) is 10.9. The van der Waals surface area contributed by atoms with Crippen LogP contribution in [0.1, 0.15) is 34.4 Å². The molecular formula is C23H25N3O3S. The van der Waals surface area contributed by atoms with Crippen molar-refractivity contribution in [2.75, 3.05) is 13.1 Å². The molecule has 1 aromatic heterocycles. The lowest BCUT2D eigenvalue weighted by Crippen LogP contribution is -2.49. The highest BCUT2D eigenvalue weighted by Crippen LogP contribution is 2.35. The minimum Gasteiger partial charge on any atom is -0.481 e. The van der Waals surface area contributed by atoms with Gasteiger partial charge in [0.15, 0.2) is 0 Å². The largest absolute Gasteiger partial charge is 0.481 e. The average Bonchev–Trinajstić information content (AvgIpc) is 3.15. The van der Waals surface area contributed by atoms with E-state index in [0.717, 1.165) is 12.1 Å². The first-order chi connectivity index (χ1) is 14.4. The van der Waals surface area contributed by atoms with Gasteiger partial charge in [-0.2, -0.15) is 0 Å². The maximum Gasteiger partial charge on any atom is 0.309 e. The molecule has 2 heterocycles. The second-order valence-corrected chi connectivity index (χ2v) is 9.20. The van der Waals surface area contributed by atoms with E-state index < -0.39 is 5.97 Å². The summed E-state index contributed by atoms with van der Waals surface area (Å²) in [4.78, 5) is 13.1. The lowest BCUT2D eigenvalue weighted by Gasteiger charge is -2.36. The molecule has 1 aliphatic heterocycles. The van der Waals surface area contributed by atoms with Crippen LogP contribution in [0.4, 0.5) is 0 Å². The Hall–Kier alpha value is -2.64. The summed E-state index contributed by atoms with van der Waals surface area (Å²) in [6, 6.07) is 14.6. The Balaban J connectivity index is 1.35. The molecule has 7 heteroatoms. The Morgan fingerprint density at radius 2 is 1.90 bits per heavy atom. The minimum absolute atomic E-state index is 0.174. The van der Waals surface area contributed by atoms with Crippen molar-refractivity contribution in [2.45, 2.75) is 37.8 Å². The lowest BCUT2D eigenvalue weighted by molar-refractivity contribution is -0.147. The zero-order valence-corrected chi connectivity index (χ0v) is 18.1. The smallest absolute Gasteiger partial charge is 0.309 e. The van der Waals surface area contributed by atoms with Gasteiger partial charge in [0, 0.05) is 30.4 Å². The van der Waals surface area contributed by atoms with Crippen LogP contribution in [0.15, 0.2) is 52.1 Å². The first kappa shape index (κ1) is 20.6. The highest BCUT2D eigenvalue weighted by atomic mass is 32.2. The predicted octanol–water partition coefficient (Wildman–Crippen LogP) is 4.72. The van der Waals surface area contributed by atoms with Crippen LogP contribution in [-0.4, -0.2) is 39.3 Å². The van der Waals surface area contributed by atoms with E-state index in [2.05, 4.69) is 72.3 Å². The summed E-state index contributed by atoms with van der Waals surface area (Å²) in [6.45, 7) is 8.31. The van der Waals surface area contributed by atoms with Crippen molar-refractivity contribution in [3.63, 3.8) is 0 Å². The second-order valence-electron chi connectivity index (χ2n) is 7.90. The number of benzene rings is 2. The normalized spacial score (nSPS) is 15.7. The molecule has 1 fully saturated rings. The molecule has 0 saturated carbocycles. The van der Waals surface area contributed by atoms with Crippen molar-refractivity contribution >= 4 is 17.7 Å². The van der Waals surface area contributed by atoms with Crippen molar-refractivity contribution in [3.8, 4) is 11.5 Å². The van der Waals surface area contributed by atoms with Gasteiger partial charge in [-0.05, 0) is 55.2 Å². The van der Waals surface area contributed by atoms with Gasteiger partial charge in [0.1, 0.15) is 0 Å². The lowest BCUT2D eigenvalue weighted by atomic mass is 9.99. The van der Waals surface area contributed by atoms with Crippen molar-refractivity contribution < 1.29 is 14.3 Å². The molecule has 156 valence electrons. The molecule has 1 N–H and O–H groups in total. The quantitative estimate of drug-likeness (QED) is 0.551. The van der Waals surface area contributed by atoms with E-state index in [4.69, 9.17) is 9.52 Å². The maximum atomic E-state index is 10.9.